The van der Waals surface area contributed by atoms with Crippen molar-refractivity contribution in [3.63, 3.8) is 0 Å². The van der Waals surface area contributed by atoms with Crippen LogP contribution in [-0.2, 0) is 0 Å². The molecule has 0 amide bonds. The van der Waals surface area contributed by atoms with Gasteiger partial charge in [-0.2, -0.15) is 0 Å². The Morgan fingerprint density at radius 3 is 1.32 bits per heavy atom. The predicted octanol–water partition coefficient (Wildman–Crippen LogP) is 4.37. The molecule has 0 aromatic heterocycles. The Balaban J connectivity index is 1.94. The average Bonchev–Trinajstić information content (AvgIpc) is 2.73. The van der Waals surface area contributed by atoms with E-state index in [9.17, 15) is 19.8 Å². The van der Waals surface area contributed by atoms with Gasteiger partial charge in [-0.05, 0) is 36.4 Å². The standard InChI is InChI=1S/C22H18N2O4/c25-21(26)17-13-19-20(14-18(17)22(27)28)24(16-9-5-2-6-10-16)12-11-23(19)15-7-3-1-4-8-15/h1-10,13-14H,11-12H2,(H,25,26)(H,27,28). The van der Waals surface area contributed by atoms with Crippen molar-refractivity contribution in [3.8, 4) is 0 Å². The molecule has 2 N–H and O–H groups in total. The first kappa shape index (κ1) is 17.6. The topological polar surface area (TPSA) is 81.1 Å². The number of carbonyl (C=O) groups is 2. The number of hydrogen-bond acceptors (Lipinski definition) is 4. The number of carboxylic acids is 2. The van der Waals surface area contributed by atoms with E-state index < -0.39 is 11.9 Å². The van der Waals surface area contributed by atoms with E-state index >= 15 is 0 Å². The number of carboxylic acid groups (broad SMARTS) is 2. The quantitative estimate of drug-likeness (QED) is 0.706. The zero-order valence-electron chi connectivity index (χ0n) is 14.9. The highest BCUT2D eigenvalue weighted by molar-refractivity contribution is 6.05. The van der Waals surface area contributed by atoms with Crippen LogP contribution in [0.15, 0.2) is 72.8 Å². The van der Waals surface area contributed by atoms with E-state index in [4.69, 9.17) is 0 Å². The van der Waals surface area contributed by atoms with Gasteiger partial charge in [-0.3, -0.25) is 0 Å². The molecule has 0 bridgehead atoms. The van der Waals surface area contributed by atoms with Crippen molar-refractivity contribution in [2.45, 2.75) is 0 Å². The Kier molecular flexibility index (Phi) is 4.45. The first-order chi connectivity index (χ1) is 13.6. The van der Waals surface area contributed by atoms with E-state index in [1.54, 1.807) is 0 Å². The minimum atomic E-state index is -1.26. The van der Waals surface area contributed by atoms with Crippen LogP contribution in [0.4, 0.5) is 22.7 Å². The van der Waals surface area contributed by atoms with Crippen molar-refractivity contribution < 1.29 is 19.8 Å². The summed E-state index contributed by atoms with van der Waals surface area (Å²) in [6.45, 7) is 1.27. The summed E-state index contributed by atoms with van der Waals surface area (Å²) >= 11 is 0. The molecule has 3 aromatic rings. The number of benzene rings is 3. The first-order valence-electron chi connectivity index (χ1n) is 8.86. The van der Waals surface area contributed by atoms with Gasteiger partial charge in [-0.15, -0.1) is 0 Å². The van der Waals surface area contributed by atoms with Gasteiger partial charge < -0.3 is 20.0 Å². The largest absolute Gasteiger partial charge is 0.478 e. The molecular weight excluding hydrogens is 356 g/mol. The van der Waals surface area contributed by atoms with Gasteiger partial charge >= 0.3 is 11.9 Å². The highest BCUT2D eigenvalue weighted by atomic mass is 16.4. The number of hydrogen-bond donors (Lipinski definition) is 2. The van der Waals surface area contributed by atoms with Crippen LogP contribution in [0.3, 0.4) is 0 Å². The molecule has 0 radical (unpaired) electrons. The second-order valence-corrected chi connectivity index (χ2v) is 6.47. The molecule has 6 heteroatoms. The number of para-hydroxylation sites is 2. The van der Waals surface area contributed by atoms with Gasteiger partial charge in [0.05, 0.1) is 22.5 Å². The normalized spacial score (nSPS) is 13.1. The van der Waals surface area contributed by atoms with Gasteiger partial charge in [0.1, 0.15) is 0 Å². The Labute approximate surface area is 161 Å². The third-order valence-corrected chi connectivity index (χ3v) is 4.84. The number of nitrogens with zero attached hydrogens (tertiary/aromatic N) is 2. The molecule has 0 unspecified atom stereocenters. The molecule has 1 aliphatic rings. The maximum absolute atomic E-state index is 11.7. The molecule has 140 valence electrons. The van der Waals surface area contributed by atoms with Crippen molar-refractivity contribution in [3.05, 3.63) is 83.9 Å². The molecule has 0 fully saturated rings. The van der Waals surface area contributed by atoms with Crippen LogP contribution in [0.1, 0.15) is 20.7 Å². The Hall–Kier alpha value is -3.80. The van der Waals surface area contributed by atoms with Gasteiger partial charge in [0.25, 0.3) is 0 Å². The molecule has 3 aromatic carbocycles. The fraction of sp³-hybridized carbons (Fsp3) is 0.0909. The maximum Gasteiger partial charge on any atom is 0.336 e. The van der Waals surface area contributed by atoms with Crippen LogP contribution in [0.25, 0.3) is 0 Å². The Bertz CT molecular complexity index is 951. The molecule has 4 rings (SSSR count). The van der Waals surface area contributed by atoms with Crippen molar-refractivity contribution in [1.29, 1.82) is 0 Å². The van der Waals surface area contributed by atoms with Crippen molar-refractivity contribution >= 4 is 34.7 Å². The first-order valence-corrected chi connectivity index (χ1v) is 8.86. The van der Waals surface area contributed by atoms with Gasteiger partial charge in [0.15, 0.2) is 0 Å². The summed E-state index contributed by atoms with van der Waals surface area (Å²) in [5.41, 5.74) is 2.75. The smallest absolute Gasteiger partial charge is 0.336 e. The van der Waals surface area contributed by atoms with E-state index in [1.165, 1.54) is 12.1 Å². The molecule has 6 nitrogen and oxygen atoms in total. The SMILES string of the molecule is O=C(O)c1cc2c(cc1C(=O)O)N(c1ccccc1)CCN2c1ccccc1. The maximum atomic E-state index is 11.7. The minimum absolute atomic E-state index is 0.220. The lowest BCUT2D eigenvalue weighted by Gasteiger charge is -2.39. The molecule has 0 saturated heterocycles. The second-order valence-electron chi connectivity index (χ2n) is 6.47. The van der Waals surface area contributed by atoms with Gasteiger partial charge in [0, 0.05) is 24.5 Å². The molecule has 0 spiro atoms. The monoisotopic (exact) mass is 374 g/mol. The molecular formula is C22H18N2O4. The summed E-state index contributed by atoms with van der Waals surface area (Å²) in [5, 5.41) is 19.1. The highest BCUT2D eigenvalue weighted by Crippen LogP contribution is 2.42. The van der Waals surface area contributed by atoms with E-state index in [1.807, 2.05) is 70.5 Å². The second kappa shape index (κ2) is 7.08. The van der Waals surface area contributed by atoms with E-state index in [0.717, 1.165) is 11.4 Å². The van der Waals surface area contributed by atoms with Gasteiger partial charge in [-0.1, -0.05) is 36.4 Å². The number of rotatable bonds is 4. The van der Waals surface area contributed by atoms with E-state index in [0.29, 0.717) is 24.5 Å². The lowest BCUT2D eigenvalue weighted by Crippen LogP contribution is -2.36. The van der Waals surface area contributed by atoms with E-state index in [-0.39, 0.29) is 11.1 Å². The summed E-state index contributed by atoms with van der Waals surface area (Å²) in [7, 11) is 0. The third kappa shape index (κ3) is 3.05. The summed E-state index contributed by atoms with van der Waals surface area (Å²) in [6, 6.07) is 22.2. The number of aromatic carboxylic acids is 2. The number of anilines is 4. The zero-order valence-corrected chi connectivity index (χ0v) is 14.9. The average molecular weight is 374 g/mol. The minimum Gasteiger partial charge on any atom is -0.478 e. The summed E-state index contributed by atoms with van der Waals surface area (Å²) < 4.78 is 0. The summed E-state index contributed by atoms with van der Waals surface area (Å²) in [4.78, 5) is 27.5. The van der Waals surface area contributed by atoms with E-state index in [2.05, 4.69) is 0 Å². The fourth-order valence-corrected chi connectivity index (χ4v) is 3.56. The molecule has 28 heavy (non-hydrogen) atoms. The van der Waals surface area contributed by atoms with Crippen molar-refractivity contribution in [2.75, 3.05) is 22.9 Å². The Morgan fingerprint density at radius 1 is 0.643 bits per heavy atom. The summed E-state index contributed by atoms with van der Waals surface area (Å²) in [5.74, 6) is -2.52. The van der Waals surface area contributed by atoms with Gasteiger partial charge in [-0.25, -0.2) is 9.59 Å². The molecule has 1 aliphatic heterocycles. The van der Waals surface area contributed by atoms with Crippen LogP contribution >= 0.6 is 0 Å². The zero-order chi connectivity index (χ0) is 19.7. The van der Waals surface area contributed by atoms with Crippen LogP contribution in [-0.4, -0.2) is 35.2 Å². The van der Waals surface area contributed by atoms with Crippen molar-refractivity contribution in [2.24, 2.45) is 0 Å². The molecule has 1 heterocycles. The van der Waals surface area contributed by atoms with Crippen LogP contribution in [0.2, 0.25) is 0 Å². The molecule has 0 aliphatic carbocycles. The van der Waals surface area contributed by atoms with Crippen LogP contribution < -0.4 is 9.80 Å². The third-order valence-electron chi connectivity index (χ3n) is 4.84. The van der Waals surface area contributed by atoms with Gasteiger partial charge in [0.2, 0.25) is 0 Å². The molecule has 0 atom stereocenters. The highest BCUT2D eigenvalue weighted by Gasteiger charge is 2.29. The number of fused-ring (bicyclic) bond motifs is 1. The molecule has 0 saturated carbocycles. The fourth-order valence-electron chi connectivity index (χ4n) is 3.56. The van der Waals surface area contributed by atoms with Crippen molar-refractivity contribution in [1.82, 2.24) is 0 Å². The summed E-state index contributed by atoms with van der Waals surface area (Å²) in [6.07, 6.45) is 0. The lowest BCUT2D eigenvalue weighted by molar-refractivity contribution is 0.0651. The lowest BCUT2D eigenvalue weighted by atomic mass is 10.0. The van der Waals surface area contributed by atoms with Crippen LogP contribution in [0, 0.1) is 0 Å². The van der Waals surface area contributed by atoms with Crippen LogP contribution in [0.5, 0.6) is 0 Å². The predicted molar refractivity (Wildman–Crippen MR) is 107 cm³/mol. The Morgan fingerprint density at radius 2 is 1.00 bits per heavy atom.